The van der Waals surface area contributed by atoms with Gasteiger partial charge in [0, 0.05) is 22.0 Å². The predicted molar refractivity (Wildman–Crippen MR) is 132 cm³/mol. The lowest BCUT2D eigenvalue weighted by Crippen LogP contribution is -2.16. The van der Waals surface area contributed by atoms with Gasteiger partial charge in [0.15, 0.2) is 0 Å². The van der Waals surface area contributed by atoms with Crippen LogP contribution in [0.2, 0.25) is 0 Å². The lowest BCUT2D eigenvalue weighted by Gasteiger charge is -2.11. The molecule has 32 heavy (non-hydrogen) atoms. The molecule has 0 radical (unpaired) electrons. The average Bonchev–Trinajstić information content (AvgIpc) is 3.29. The Morgan fingerprint density at radius 2 is 1.88 bits per heavy atom. The van der Waals surface area contributed by atoms with Gasteiger partial charge in [-0.1, -0.05) is 30.3 Å². The first-order chi connectivity index (χ1) is 15.3. The minimum Gasteiger partial charge on any atom is -0.459 e. The number of nitrogens with two attached hydrogens (primary N) is 1. The summed E-state index contributed by atoms with van der Waals surface area (Å²) in [5, 5.41) is 5.96. The van der Waals surface area contributed by atoms with Gasteiger partial charge in [-0.3, -0.25) is 4.79 Å². The second-order valence-corrected chi connectivity index (χ2v) is 9.61. The smallest absolute Gasteiger partial charge is 0.342 e. The van der Waals surface area contributed by atoms with E-state index in [1.807, 2.05) is 55.6 Å². The molecule has 0 fully saturated rings. The molecule has 0 saturated carbocycles. The largest absolute Gasteiger partial charge is 0.459 e. The number of carbonyl (C=O) groups excluding carboxylic acids is 2. The fraction of sp³-hybridized carbons (Fsp3) is 0.208. The number of aromatic nitrogens is 1. The summed E-state index contributed by atoms with van der Waals surface area (Å²) in [5.41, 5.74) is 10.5. The number of rotatable bonds is 5. The highest BCUT2D eigenvalue weighted by molar-refractivity contribution is 7.21. The van der Waals surface area contributed by atoms with Crippen LogP contribution in [0.5, 0.6) is 0 Å². The van der Waals surface area contributed by atoms with Crippen molar-refractivity contribution in [1.29, 1.82) is 0 Å². The lowest BCUT2D eigenvalue weighted by molar-refractivity contribution is 0.0380. The molecule has 0 unspecified atom stereocenters. The number of hydrogen-bond donors (Lipinski definition) is 2. The minimum atomic E-state index is -0.479. The third-order valence-electron chi connectivity index (χ3n) is 4.88. The van der Waals surface area contributed by atoms with Crippen LogP contribution in [0.15, 0.2) is 41.8 Å². The van der Waals surface area contributed by atoms with Gasteiger partial charge in [0.1, 0.15) is 20.3 Å². The molecule has 0 aliphatic carbocycles. The summed E-state index contributed by atoms with van der Waals surface area (Å²) >= 11 is 2.53. The van der Waals surface area contributed by atoms with Crippen molar-refractivity contribution < 1.29 is 14.3 Å². The summed E-state index contributed by atoms with van der Waals surface area (Å²) < 4.78 is 5.47. The van der Waals surface area contributed by atoms with E-state index in [2.05, 4.69) is 10.3 Å². The Morgan fingerprint density at radius 1 is 1.16 bits per heavy atom. The number of fused-ring (bicyclic) bond motifs is 1. The number of nitrogen functional groups attached to an aromatic ring is 1. The number of carbonyl (C=O) groups is 2. The third-order valence-corrected chi connectivity index (χ3v) is 6.87. The second kappa shape index (κ2) is 8.72. The molecule has 3 heterocycles. The fourth-order valence-electron chi connectivity index (χ4n) is 3.55. The van der Waals surface area contributed by atoms with Crippen molar-refractivity contribution in [1.82, 2.24) is 4.98 Å². The SMILES string of the molecule is Cc1cc(C)c2c(N)c(C(=O)Nc3scc(-c4ccccc4)c3C(=O)OC(C)C)sc2n1. The van der Waals surface area contributed by atoms with Gasteiger partial charge in [-0.2, -0.15) is 0 Å². The van der Waals surface area contributed by atoms with Crippen LogP contribution >= 0.6 is 22.7 Å². The first-order valence-electron chi connectivity index (χ1n) is 10.1. The molecular formula is C24H23N3O3S2. The molecule has 0 bridgehead atoms. The predicted octanol–water partition coefficient (Wildman–Crippen LogP) is 6.04. The highest BCUT2D eigenvalue weighted by atomic mass is 32.1. The number of nitrogens with one attached hydrogen (secondary N) is 1. The molecule has 0 aliphatic rings. The Morgan fingerprint density at radius 3 is 2.56 bits per heavy atom. The number of aryl methyl sites for hydroxylation is 2. The molecule has 1 aromatic carbocycles. The van der Waals surface area contributed by atoms with E-state index in [-0.39, 0.29) is 12.0 Å². The Balaban J connectivity index is 1.75. The zero-order valence-corrected chi connectivity index (χ0v) is 19.8. The summed E-state index contributed by atoms with van der Waals surface area (Å²) in [6.45, 7) is 7.44. The van der Waals surface area contributed by atoms with E-state index >= 15 is 0 Å². The highest BCUT2D eigenvalue weighted by Crippen LogP contribution is 2.39. The van der Waals surface area contributed by atoms with Crippen molar-refractivity contribution in [2.45, 2.75) is 33.8 Å². The van der Waals surface area contributed by atoms with Crippen molar-refractivity contribution in [2.24, 2.45) is 0 Å². The van der Waals surface area contributed by atoms with E-state index < -0.39 is 5.97 Å². The van der Waals surface area contributed by atoms with E-state index in [0.717, 1.165) is 27.0 Å². The van der Waals surface area contributed by atoms with Gasteiger partial charge in [0.05, 0.1) is 11.8 Å². The lowest BCUT2D eigenvalue weighted by atomic mass is 10.0. The van der Waals surface area contributed by atoms with Gasteiger partial charge in [0.2, 0.25) is 0 Å². The van der Waals surface area contributed by atoms with E-state index in [9.17, 15) is 9.59 Å². The normalized spacial score (nSPS) is 11.2. The summed E-state index contributed by atoms with van der Waals surface area (Å²) in [5.74, 6) is -0.851. The Bertz CT molecular complexity index is 1320. The van der Waals surface area contributed by atoms with Crippen LogP contribution in [0.4, 0.5) is 10.7 Å². The van der Waals surface area contributed by atoms with E-state index in [0.29, 0.717) is 26.7 Å². The summed E-state index contributed by atoms with van der Waals surface area (Å²) in [7, 11) is 0. The van der Waals surface area contributed by atoms with Crippen LogP contribution in [0.25, 0.3) is 21.3 Å². The van der Waals surface area contributed by atoms with Crippen LogP contribution in [0.3, 0.4) is 0 Å². The molecule has 0 aliphatic heterocycles. The fourth-order valence-corrected chi connectivity index (χ4v) is 5.62. The summed E-state index contributed by atoms with van der Waals surface area (Å²) in [4.78, 5) is 31.7. The van der Waals surface area contributed by atoms with Crippen molar-refractivity contribution in [3.8, 4) is 11.1 Å². The number of amides is 1. The molecule has 6 nitrogen and oxygen atoms in total. The van der Waals surface area contributed by atoms with Gasteiger partial charge < -0.3 is 15.8 Å². The molecule has 8 heteroatoms. The van der Waals surface area contributed by atoms with Gasteiger partial charge in [-0.25, -0.2) is 9.78 Å². The highest BCUT2D eigenvalue weighted by Gasteiger charge is 2.26. The van der Waals surface area contributed by atoms with Gasteiger partial charge in [-0.15, -0.1) is 22.7 Å². The third kappa shape index (κ3) is 4.11. The number of benzene rings is 1. The quantitative estimate of drug-likeness (QED) is 0.350. The van der Waals surface area contributed by atoms with E-state index in [4.69, 9.17) is 10.5 Å². The van der Waals surface area contributed by atoms with E-state index in [1.165, 1.54) is 22.7 Å². The molecule has 1 amide bonds. The topological polar surface area (TPSA) is 94.3 Å². The second-order valence-electron chi connectivity index (χ2n) is 7.73. The maximum atomic E-state index is 13.2. The maximum Gasteiger partial charge on any atom is 0.342 e. The van der Waals surface area contributed by atoms with Crippen LogP contribution in [0.1, 0.15) is 45.1 Å². The molecular weight excluding hydrogens is 442 g/mol. The zero-order valence-electron chi connectivity index (χ0n) is 18.2. The van der Waals surface area contributed by atoms with Gasteiger partial charge in [0.25, 0.3) is 5.91 Å². The molecule has 4 aromatic rings. The van der Waals surface area contributed by atoms with Gasteiger partial charge >= 0.3 is 5.97 Å². The first kappa shape index (κ1) is 22.0. The molecule has 0 atom stereocenters. The van der Waals surface area contributed by atoms with Crippen LogP contribution in [-0.2, 0) is 4.74 Å². The van der Waals surface area contributed by atoms with Crippen LogP contribution in [0, 0.1) is 13.8 Å². The molecule has 0 saturated heterocycles. The molecule has 164 valence electrons. The summed E-state index contributed by atoms with van der Waals surface area (Å²) in [6, 6.07) is 11.5. The Hall–Kier alpha value is -3.23. The minimum absolute atomic E-state index is 0.287. The average molecular weight is 466 g/mol. The Labute approximate surface area is 194 Å². The number of anilines is 2. The number of hydrogen-bond acceptors (Lipinski definition) is 7. The van der Waals surface area contributed by atoms with Gasteiger partial charge in [-0.05, 0) is 44.9 Å². The first-order valence-corrected chi connectivity index (χ1v) is 11.8. The molecule has 4 rings (SSSR count). The number of nitrogens with zero attached hydrogens (tertiary/aromatic N) is 1. The van der Waals surface area contributed by atoms with Crippen molar-refractivity contribution in [3.05, 3.63) is 63.5 Å². The molecule has 3 aromatic heterocycles. The van der Waals surface area contributed by atoms with E-state index in [1.54, 1.807) is 13.8 Å². The Kier molecular flexibility index (Phi) is 5.99. The molecule has 3 N–H and O–H groups in total. The number of pyridine rings is 1. The van der Waals surface area contributed by atoms with Crippen molar-refractivity contribution >= 4 is 55.5 Å². The van der Waals surface area contributed by atoms with Crippen molar-refractivity contribution in [3.63, 3.8) is 0 Å². The number of thiophene rings is 2. The standard InChI is InChI=1S/C24H23N3O3S2/c1-12(2)30-24(29)18-16(15-8-6-5-7-9-15)11-31-22(18)27-21(28)20-19(25)17-13(3)10-14(4)26-23(17)32-20/h5-12H,25H2,1-4H3,(H,27,28). The monoisotopic (exact) mass is 465 g/mol. The van der Waals surface area contributed by atoms with Crippen LogP contribution < -0.4 is 11.1 Å². The zero-order chi connectivity index (χ0) is 23.0. The summed E-state index contributed by atoms with van der Waals surface area (Å²) in [6.07, 6.45) is -0.287. The van der Waals surface area contributed by atoms with Crippen molar-refractivity contribution in [2.75, 3.05) is 11.1 Å². The molecule has 0 spiro atoms. The maximum absolute atomic E-state index is 13.2. The van der Waals surface area contributed by atoms with Crippen LogP contribution in [-0.4, -0.2) is 23.0 Å². The number of esters is 1. The number of ether oxygens (including phenoxy) is 1.